The molecule has 1 aliphatic rings. The van der Waals surface area contributed by atoms with E-state index in [2.05, 4.69) is 16.7 Å². The lowest BCUT2D eigenvalue weighted by molar-refractivity contribution is 0.0786. The number of aryl methyl sites for hydroxylation is 1. The fourth-order valence-electron chi connectivity index (χ4n) is 4.37. The van der Waals surface area contributed by atoms with Gasteiger partial charge >= 0.3 is 0 Å². The highest BCUT2D eigenvalue weighted by molar-refractivity contribution is 5.77. The second-order valence-electron chi connectivity index (χ2n) is 8.37. The lowest BCUT2D eigenvalue weighted by Crippen LogP contribution is -2.14. The third kappa shape index (κ3) is 3.06. The molecular formula is C25H25N3O2. The highest BCUT2D eigenvalue weighted by Gasteiger charge is 2.29. The van der Waals surface area contributed by atoms with Crippen molar-refractivity contribution in [2.75, 3.05) is 7.11 Å². The molecule has 5 nitrogen and oxygen atoms in total. The molecule has 1 aliphatic heterocycles. The van der Waals surface area contributed by atoms with E-state index in [1.807, 2.05) is 48.5 Å². The minimum absolute atomic E-state index is 0.168. The second-order valence-corrected chi connectivity index (χ2v) is 8.37. The van der Waals surface area contributed by atoms with E-state index in [1.54, 1.807) is 21.0 Å². The summed E-state index contributed by atoms with van der Waals surface area (Å²) in [5.41, 5.74) is 4.94. The van der Waals surface area contributed by atoms with Crippen molar-refractivity contribution in [3.05, 3.63) is 77.6 Å². The van der Waals surface area contributed by atoms with E-state index in [0.29, 0.717) is 0 Å². The van der Waals surface area contributed by atoms with Crippen molar-refractivity contribution in [2.45, 2.75) is 38.3 Å². The van der Waals surface area contributed by atoms with Crippen LogP contribution in [0.15, 0.2) is 60.7 Å². The van der Waals surface area contributed by atoms with Crippen molar-refractivity contribution in [2.24, 2.45) is 0 Å². The molecule has 152 valence electrons. The van der Waals surface area contributed by atoms with Gasteiger partial charge in [-0.3, -0.25) is 0 Å². The summed E-state index contributed by atoms with van der Waals surface area (Å²) in [4.78, 5) is 9.83. The molecule has 0 aliphatic carbocycles. The number of pyridine rings is 1. The lowest BCUT2D eigenvalue weighted by atomic mass is 9.97. The van der Waals surface area contributed by atoms with Crippen LogP contribution in [0.3, 0.4) is 0 Å². The first kappa shape index (κ1) is 18.8. The molecule has 0 bridgehead atoms. The number of benzene rings is 2. The topological polar surface area (TPSA) is 60.2 Å². The van der Waals surface area contributed by atoms with Gasteiger partial charge in [-0.1, -0.05) is 42.5 Å². The summed E-state index contributed by atoms with van der Waals surface area (Å²) in [5, 5.41) is 10.2. The Bertz CT molecular complexity index is 1220. The monoisotopic (exact) mass is 399 g/mol. The number of ether oxygens (including phenoxy) is 1. The van der Waals surface area contributed by atoms with Crippen LogP contribution in [-0.4, -0.2) is 26.8 Å². The number of methoxy groups -OCH3 is 1. The molecule has 2 aromatic carbocycles. The number of rotatable bonds is 4. The maximum Gasteiger partial charge on any atom is 0.161 e. The Morgan fingerprint density at radius 2 is 1.77 bits per heavy atom. The first-order chi connectivity index (χ1) is 14.5. The van der Waals surface area contributed by atoms with E-state index >= 15 is 0 Å². The van der Waals surface area contributed by atoms with Crippen LogP contribution in [0, 0.1) is 0 Å². The smallest absolute Gasteiger partial charge is 0.161 e. The van der Waals surface area contributed by atoms with Crippen LogP contribution in [0.5, 0.6) is 5.75 Å². The van der Waals surface area contributed by atoms with Gasteiger partial charge in [-0.25, -0.2) is 9.97 Å². The predicted octanol–water partition coefficient (Wildman–Crippen LogP) is 4.87. The SMILES string of the molecule is COc1ccccc1C1CCc2nc3ccc(-c4ccc(C(C)(C)O)cc4)nc3n21. The molecule has 3 heterocycles. The Labute approximate surface area is 176 Å². The molecule has 0 fully saturated rings. The maximum absolute atomic E-state index is 10.2. The average molecular weight is 399 g/mol. The largest absolute Gasteiger partial charge is 0.496 e. The van der Waals surface area contributed by atoms with Crippen molar-refractivity contribution in [1.82, 2.24) is 14.5 Å². The van der Waals surface area contributed by atoms with Crippen LogP contribution in [-0.2, 0) is 12.0 Å². The molecule has 1 unspecified atom stereocenters. The molecule has 5 heteroatoms. The second kappa shape index (κ2) is 6.96. The van der Waals surface area contributed by atoms with Crippen LogP contribution in [0.1, 0.15) is 43.3 Å². The van der Waals surface area contributed by atoms with Crippen molar-refractivity contribution in [1.29, 1.82) is 0 Å². The zero-order valence-corrected chi connectivity index (χ0v) is 17.5. The molecular weight excluding hydrogens is 374 g/mol. The number of hydrogen-bond donors (Lipinski definition) is 1. The standard InChI is InChI=1S/C25H25N3O2/c1-25(2,29)17-10-8-16(9-11-17)19-12-13-20-24(27-19)28-21(14-15-23(28)26-20)18-6-4-5-7-22(18)30-3/h4-13,21,29H,14-15H2,1-3H3. The first-order valence-corrected chi connectivity index (χ1v) is 10.3. The molecule has 5 rings (SSSR count). The summed E-state index contributed by atoms with van der Waals surface area (Å²) in [6.07, 6.45) is 1.92. The van der Waals surface area contributed by atoms with Crippen molar-refractivity contribution >= 4 is 11.2 Å². The number of fused-ring (bicyclic) bond motifs is 3. The highest BCUT2D eigenvalue weighted by atomic mass is 16.5. The zero-order chi connectivity index (χ0) is 20.9. The van der Waals surface area contributed by atoms with Gasteiger partial charge in [-0.15, -0.1) is 0 Å². The third-order valence-corrected chi connectivity index (χ3v) is 5.95. The summed E-state index contributed by atoms with van der Waals surface area (Å²) >= 11 is 0. The van der Waals surface area contributed by atoms with Gasteiger partial charge in [-0.05, 0) is 44.0 Å². The van der Waals surface area contributed by atoms with Crippen LogP contribution in [0.4, 0.5) is 0 Å². The van der Waals surface area contributed by atoms with Crippen molar-refractivity contribution in [3.8, 4) is 17.0 Å². The normalized spacial score (nSPS) is 16.1. The summed E-state index contributed by atoms with van der Waals surface area (Å²) in [6, 6.07) is 20.4. The molecule has 0 spiro atoms. The van der Waals surface area contributed by atoms with E-state index in [1.165, 1.54) is 5.56 Å². The minimum atomic E-state index is -0.857. The molecule has 4 aromatic rings. The van der Waals surface area contributed by atoms with Gasteiger partial charge in [0.05, 0.1) is 24.4 Å². The first-order valence-electron chi connectivity index (χ1n) is 10.3. The zero-order valence-electron chi connectivity index (χ0n) is 17.5. The summed E-state index contributed by atoms with van der Waals surface area (Å²) in [5.74, 6) is 1.97. The molecule has 1 atom stereocenters. The van der Waals surface area contributed by atoms with Gasteiger partial charge in [0.15, 0.2) is 5.65 Å². The quantitative estimate of drug-likeness (QED) is 0.532. The van der Waals surface area contributed by atoms with Crippen LogP contribution >= 0.6 is 0 Å². The van der Waals surface area contributed by atoms with Crippen LogP contribution in [0.25, 0.3) is 22.4 Å². The Morgan fingerprint density at radius 3 is 2.50 bits per heavy atom. The number of aromatic nitrogens is 3. The minimum Gasteiger partial charge on any atom is -0.496 e. The summed E-state index contributed by atoms with van der Waals surface area (Å²) in [6.45, 7) is 3.58. The Balaban J connectivity index is 1.59. The van der Waals surface area contributed by atoms with E-state index < -0.39 is 5.60 Å². The molecule has 0 saturated heterocycles. The number of imidazole rings is 1. The third-order valence-electron chi connectivity index (χ3n) is 5.95. The van der Waals surface area contributed by atoms with Gasteiger partial charge in [0, 0.05) is 17.5 Å². The van der Waals surface area contributed by atoms with E-state index in [9.17, 15) is 5.11 Å². The Hall–Kier alpha value is -3.18. The van der Waals surface area contributed by atoms with E-state index in [4.69, 9.17) is 14.7 Å². The van der Waals surface area contributed by atoms with Crippen LogP contribution in [0.2, 0.25) is 0 Å². The Kier molecular flexibility index (Phi) is 4.36. The van der Waals surface area contributed by atoms with E-state index in [-0.39, 0.29) is 6.04 Å². The number of nitrogens with zero attached hydrogens (tertiary/aromatic N) is 3. The molecule has 2 aromatic heterocycles. The maximum atomic E-state index is 10.2. The fraction of sp³-hybridized carbons (Fsp3) is 0.280. The van der Waals surface area contributed by atoms with Gasteiger partial charge in [0.1, 0.15) is 17.1 Å². The van der Waals surface area contributed by atoms with Gasteiger partial charge in [-0.2, -0.15) is 0 Å². The molecule has 0 amide bonds. The van der Waals surface area contributed by atoms with Crippen LogP contribution < -0.4 is 4.74 Å². The Morgan fingerprint density at radius 1 is 1.00 bits per heavy atom. The highest BCUT2D eigenvalue weighted by Crippen LogP contribution is 2.39. The predicted molar refractivity (Wildman–Crippen MR) is 118 cm³/mol. The van der Waals surface area contributed by atoms with Gasteiger partial charge in [0.2, 0.25) is 0 Å². The van der Waals surface area contributed by atoms with Gasteiger partial charge < -0.3 is 14.4 Å². The molecule has 0 saturated carbocycles. The van der Waals surface area contributed by atoms with E-state index in [0.717, 1.165) is 52.4 Å². The summed E-state index contributed by atoms with van der Waals surface area (Å²) in [7, 11) is 1.72. The fourth-order valence-corrected chi connectivity index (χ4v) is 4.37. The molecule has 1 N–H and O–H groups in total. The number of hydrogen-bond acceptors (Lipinski definition) is 4. The lowest BCUT2D eigenvalue weighted by Gasteiger charge is -2.18. The van der Waals surface area contributed by atoms with Crippen molar-refractivity contribution in [3.63, 3.8) is 0 Å². The number of aliphatic hydroxyl groups is 1. The number of para-hydroxylation sites is 1. The van der Waals surface area contributed by atoms with Crippen molar-refractivity contribution < 1.29 is 9.84 Å². The van der Waals surface area contributed by atoms with Gasteiger partial charge in [0.25, 0.3) is 0 Å². The molecule has 0 radical (unpaired) electrons. The average Bonchev–Trinajstić information content (AvgIpc) is 3.32. The summed E-state index contributed by atoms with van der Waals surface area (Å²) < 4.78 is 7.88. The molecule has 30 heavy (non-hydrogen) atoms.